The van der Waals surface area contributed by atoms with Gasteiger partial charge in [0.05, 0.1) is 0 Å². The van der Waals surface area contributed by atoms with Gasteiger partial charge in [0.15, 0.2) is 0 Å². The van der Waals surface area contributed by atoms with E-state index in [0.29, 0.717) is 5.92 Å². The van der Waals surface area contributed by atoms with Gasteiger partial charge in [0.1, 0.15) is 0 Å². The average molecular weight is 351 g/mol. The lowest BCUT2D eigenvalue weighted by Gasteiger charge is -2.15. The van der Waals surface area contributed by atoms with Crippen molar-refractivity contribution < 1.29 is 4.79 Å². The minimum Gasteiger partial charge on any atom is -0.308 e. The Labute approximate surface area is 156 Å². The summed E-state index contributed by atoms with van der Waals surface area (Å²) in [5, 5.41) is 5.79. The lowest BCUT2D eigenvalue weighted by molar-refractivity contribution is 0.262. The van der Waals surface area contributed by atoms with Crippen molar-refractivity contribution in [2.24, 2.45) is 0 Å². The molecule has 0 saturated carbocycles. The maximum Gasteiger partial charge on any atom is 0.323 e. The van der Waals surface area contributed by atoms with Gasteiger partial charge in [0, 0.05) is 17.9 Å². The number of likely N-dealkylation sites (tertiary alicyclic amines) is 1. The molecular formula is C22H29N3O. The highest BCUT2D eigenvalue weighted by Crippen LogP contribution is 2.21. The summed E-state index contributed by atoms with van der Waals surface area (Å²) in [6.07, 6.45) is 3.72. The van der Waals surface area contributed by atoms with E-state index in [1.165, 1.54) is 37.1 Å². The van der Waals surface area contributed by atoms with E-state index in [-0.39, 0.29) is 6.03 Å². The second-order valence-electron chi connectivity index (χ2n) is 7.19. The van der Waals surface area contributed by atoms with Crippen molar-refractivity contribution in [1.29, 1.82) is 0 Å². The van der Waals surface area contributed by atoms with Gasteiger partial charge < -0.3 is 10.6 Å². The summed E-state index contributed by atoms with van der Waals surface area (Å²) in [5.41, 5.74) is 4.20. The monoisotopic (exact) mass is 351 g/mol. The Balaban J connectivity index is 1.51. The van der Waals surface area contributed by atoms with E-state index in [1.807, 2.05) is 24.3 Å². The first-order valence-electron chi connectivity index (χ1n) is 9.63. The minimum atomic E-state index is -0.214. The molecule has 138 valence electrons. The van der Waals surface area contributed by atoms with Crippen molar-refractivity contribution in [3.8, 4) is 0 Å². The van der Waals surface area contributed by atoms with E-state index in [0.717, 1.165) is 24.3 Å². The summed E-state index contributed by atoms with van der Waals surface area (Å²) in [4.78, 5) is 14.7. The molecule has 26 heavy (non-hydrogen) atoms. The highest BCUT2D eigenvalue weighted by Gasteiger charge is 2.11. The van der Waals surface area contributed by atoms with Gasteiger partial charge in [0.25, 0.3) is 0 Å². The summed E-state index contributed by atoms with van der Waals surface area (Å²) in [6, 6.07) is 16.0. The molecule has 2 aromatic carbocycles. The number of benzene rings is 2. The topological polar surface area (TPSA) is 44.4 Å². The average Bonchev–Trinajstić information content (AvgIpc) is 3.16. The first-order valence-corrected chi connectivity index (χ1v) is 9.63. The summed E-state index contributed by atoms with van der Waals surface area (Å²) in [7, 11) is 0. The van der Waals surface area contributed by atoms with Crippen molar-refractivity contribution >= 4 is 17.4 Å². The number of hydrogen-bond acceptors (Lipinski definition) is 2. The van der Waals surface area contributed by atoms with E-state index in [9.17, 15) is 4.79 Å². The van der Waals surface area contributed by atoms with Gasteiger partial charge in [-0.2, -0.15) is 0 Å². The summed E-state index contributed by atoms with van der Waals surface area (Å²) >= 11 is 0. The molecule has 2 N–H and O–H groups in total. The molecule has 0 radical (unpaired) electrons. The van der Waals surface area contributed by atoms with E-state index < -0.39 is 0 Å². The number of nitrogens with zero attached hydrogens (tertiary/aromatic N) is 1. The van der Waals surface area contributed by atoms with Crippen LogP contribution >= 0.6 is 0 Å². The zero-order valence-electron chi connectivity index (χ0n) is 15.8. The fourth-order valence-corrected chi connectivity index (χ4v) is 3.32. The SMILES string of the molecule is CC[C@H](C)c1ccc(NC(=O)Nc2ccc(CN3CCCC3)cc2)cc1. The molecule has 1 atom stereocenters. The smallest absolute Gasteiger partial charge is 0.308 e. The van der Waals surface area contributed by atoms with E-state index in [2.05, 4.69) is 53.6 Å². The number of anilines is 2. The lowest BCUT2D eigenvalue weighted by Crippen LogP contribution is -2.20. The molecule has 0 aliphatic carbocycles. The zero-order chi connectivity index (χ0) is 18.4. The van der Waals surface area contributed by atoms with Crippen LogP contribution in [-0.2, 0) is 6.54 Å². The van der Waals surface area contributed by atoms with E-state index in [1.54, 1.807) is 0 Å². The normalized spacial score (nSPS) is 15.6. The van der Waals surface area contributed by atoms with Crippen molar-refractivity contribution in [3.63, 3.8) is 0 Å². The van der Waals surface area contributed by atoms with Crippen LogP contribution in [0.5, 0.6) is 0 Å². The molecule has 4 heteroatoms. The van der Waals surface area contributed by atoms with E-state index >= 15 is 0 Å². The molecule has 3 rings (SSSR count). The molecule has 1 aliphatic heterocycles. The standard InChI is InChI=1S/C22H29N3O/c1-3-17(2)19-8-12-21(13-9-19)24-22(26)23-20-10-6-18(7-11-20)16-25-14-4-5-15-25/h6-13,17H,3-5,14-16H2,1-2H3,(H2,23,24,26)/t17-/m0/s1. The molecule has 0 bridgehead atoms. The second kappa shape index (κ2) is 8.86. The van der Waals surface area contributed by atoms with Crippen LogP contribution in [0.3, 0.4) is 0 Å². The number of urea groups is 1. The summed E-state index contributed by atoms with van der Waals surface area (Å²) in [5.74, 6) is 0.539. The lowest BCUT2D eigenvalue weighted by atomic mass is 9.99. The predicted molar refractivity (Wildman–Crippen MR) is 109 cm³/mol. The van der Waals surface area contributed by atoms with Crippen LogP contribution < -0.4 is 10.6 Å². The molecule has 2 amide bonds. The van der Waals surface area contributed by atoms with Gasteiger partial charge in [-0.15, -0.1) is 0 Å². The molecule has 1 fully saturated rings. The van der Waals surface area contributed by atoms with Gasteiger partial charge in [-0.05, 0) is 73.7 Å². The number of rotatable bonds is 6. The maximum absolute atomic E-state index is 12.2. The van der Waals surface area contributed by atoms with Gasteiger partial charge in [-0.1, -0.05) is 38.1 Å². The number of carbonyl (C=O) groups is 1. The molecule has 0 spiro atoms. The third-order valence-corrected chi connectivity index (χ3v) is 5.17. The van der Waals surface area contributed by atoms with Crippen molar-refractivity contribution in [2.75, 3.05) is 23.7 Å². The molecule has 0 unspecified atom stereocenters. The first kappa shape index (κ1) is 18.5. The molecule has 4 nitrogen and oxygen atoms in total. The van der Waals surface area contributed by atoms with E-state index in [4.69, 9.17) is 0 Å². The highest BCUT2D eigenvalue weighted by atomic mass is 16.2. The molecule has 1 heterocycles. The third kappa shape index (κ3) is 5.09. The van der Waals surface area contributed by atoms with Crippen LogP contribution in [0.4, 0.5) is 16.2 Å². The Morgan fingerprint density at radius 2 is 1.50 bits per heavy atom. The van der Waals surface area contributed by atoms with Crippen molar-refractivity contribution in [3.05, 3.63) is 59.7 Å². The molecule has 1 saturated heterocycles. The maximum atomic E-state index is 12.2. The van der Waals surface area contributed by atoms with Gasteiger partial charge in [-0.25, -0.2) is 4.79 Å². The predicted octanol–water partition coefficient (Wildman–Crippen LogP) is 5.44. The quantitative estimate of drug-likeness (QED) is 0.728. The Morgan fingerprint density at radius 3 is 2.04 bits per heavy atom. The van der Waals surface area contributed by atoms with Crippen LogP contribution in [0.15, 0.2) is 48.5 Å². The van der Waals surface area contributed by atoms with Gasteiger partial charge in [0.2, 0.25) is 0 Å². The van der Waals surface area contributed by atoms with Crippen LogP contribution in [-0.4, -0.2) is 24.0 Å². The Morgan fingerprint density at radius 1 is 0.962 bits per heavy atom. The zero-order valence-corrected chi connectivity index (χ0v) is 15.8. The number of carbonyl (C=O) groups excluding carboxylic acids is 1. The first-order chi connectivity index (χ1) is 12.6. The minimum absolute atomic E-state index is 0.214. The summed E-state index contributed by atoms with van der Waals surface area (Å²) < 4.78 is 0. The number of nitrogens with one attached hydrogen (secondary N) is 2. The van der Waals surface area contributed by atoms with Crippen LogP contribution in [0, 0.1) is 0 Å². The number of amides is 2. The van der Waals surface area contributed by atoms with Gasteiger partial charge in [-0.3, -0.25) is 4.90 Å². The van der Waals surface area contributed by atoms with Crippen LogP contribution in [0.25, 0.3) is 0 Å². The van der Waals surface area contributed by atoms with Crippen LogP contribution in [0.1, 0.15) is 50.2 Å². The third-order valence-electron chi connectivity index (χ3n) is 5.17. The largest absolute Gasteiger partial charge is 0.323 e. The fourth-order valence-electron chi connectivity index (χ4n) is 3.32. The molecular weight excluding hydrogens is 322 g/mol. The summed E-state index contributed by atoms with van der Waals surface area (Å²) in [6.45, 7) is 7.77. The Kier molecular flexibility index (Phi) is 6.29. The van der Waals surface area contributed by atoms with Gasteiger partial charge >= 0.3 is 6.03 Å². The van der Waals surface area contributed by atoms with Crippen molar-refractivity contribution in [2.45, 2.75) is 45.6 Å². The van der Waals surface area contributed by atoms with Crippen molar-refractivity contribution in [1.82, 2.24) is 4.90 Å². The second-order valence-corrected chi connectivity index (χ2v) is 7.19. The fraction of sp³-hybridized carbons (Fsp3) is 0.409. The van der Waals surface area contributed by atoms with Crippen LogP contribution in [0.2, 0.25) is 0 Å². The molecule has 1 aliphatic rings. The Bertz CT molecular complexity index is 703. The Hall–Kier alpha value is -2.33. The number of hydrogen-bond donors (Lipinski definition) is 2. The molecule has 2 aromatic rings. The molecule has 0 aromatic heterocycles. The highest BCUT2D eigenvalue weighted by molar-refractivity contribution is 5.99.